The van der Waals surface area contributed by atoms with E-state index in [9.17, 15) is 9.18 Å². The van der Waals surface area contributed by atoms with Gasteiger partial charge in [0.05, 0.1) is 16.4 Å². The summed E-state index contributed by atoms with van der Waals surface area (Å²) >= 11 is 5.76. The molecule has 2 aromatic carbocycles. The summed E-state index contributed by atoms with van der Waals surface area (Å²) in [4.78, 5) is 12.4. The average Bonchev–Trinajstić information content (AvgIpc) is 3.00. The van der Waals surface area contributed by atoms with E-state index in [2.05, 4.69) is 10.6 Å². The van der Waals surface area contributed by atoms with Crippen LogP contribution in [0.5, 0.6) is 0 Å². The van der Waals surface area contributed by atoms with Crippen molar-refractivity contribution < 1.29 is 9.18 Å². The van der Waals surface area contributed by atoms with Crippen molar-refractivity contribution in [3.8, 4) is 5.69 Å². The SMILES string of the molecule is O=C(Nc1ccc(F)c(Cl)c1)Nc1cc(C2CCC2)nn1-c1ccccc1. The lowest BCUT2D eigenvalue weighted by Crippen LogP contribution is -2.21. The molecule has 0 spiro atoms. The molecule has 0 atom stereocenters. The van der Waals surface area contributed by atoms with Gasteiger partial charge in [-0.25, -0.2) is 13.9 Å². The van der Waals surface area contributed by atoms with Crippen molar-refractivity contribution in [2.75, 3.05) is 10.6 Å². The molecular formula is C20H18ClFN4O. The molecule has 2 amide bonds. The van der Waals surface area contributed by atoms with Crippen LogP contribution in [0.1, 0.15) is 30.9 Å². The van der Waals surface area contributed by atoms with Crippen LogP contribution in [0.4, 0.5) is 20.7 Å². The highest BCUT2D eigenvalue weighted by Crippen LogP contribution is 2.37. The van der Waals surface area contributed by atoms with Gasteiger partial charge in [0, 0.05) is 17.7 Å². The minimum atomic E-state index is -0.532. The predicted octanol–water partition coefficient (Wildman–Crippen LogP) is 5.58. The molecule has 0 radical (unpaired) electrons. The largest absolute Gasteiger partial charge is 0.324 e. The van der Waals surface area contributed by atoms with Crippen molar-refractivity contribution in [1.82, 2.24) is 9.78 Å². The number of carbonyl (C=O) groups excluding carboxylic acids is 1. The highest BCUT2D eigenvalue weighted by atomic mass is 35.5. The number of hydrogen-bond donors (Lipinski definition) is 2. The van der Waals surface area contributed by atoms with Crippen molar-refractivity contribution in [3.05, 3.63) is 71.1 Å². The van der Waals surface area contributed by atoms with Crippen LogP contribution >= 0.6 is 11.6 Å². The van der Waals surface area contributed by atoms with E-state index in [1.54, 1.807) is 4.68 Å². The van der Waals surface area contributed by atoms with E-state index in [4.69, 9.17) is 16.7 Å². The quantitative estimate of drug-likeness (QED) is 0.617. The Morgan fingerprint density at radius 2 is 1.89 bits per heavy atom. The molecule has 138 valence electrons. The topological polar surface area (TPSA) is 59.0 Å². The highest BCUT2D eigenvalue weighted by molar-refractivity contribution is 6.31. The van der Waals surface area contributed by atoms with Crippen LogP contribution < -0.4 is 10.6 Å². The number of nitrogens with zero attached hydrogens (tertiary/aromatic N) is 2. The summed E-state index contributed by atoms with van der Waals surface area (Å²) in [6, 6.07) is 15.1. The average molecular weight is 385 g/mol. The third-order valence-electron chi connectivity index (χ3n) is 4.67. The molecule has 1 fully saturated rings. The number of amides is 2. The molecule has 1 heterocycles. The molecule has 0 aliphatic heterocycles. The fourth-order valence-corrected chi connectivity index (χ4v) is 3.19. The molecule has 0 saturated heterocycles. The van der Waals surface area contributed by atoms with E-state index >= 15 is 0 Å². The van der Waals surface area contributed by atoms with Gasteiger partial charge in [0.25, 0.3) is 0 Å². The third-order valence-corrected chi connectivity index (χ3v) is 4.96. The third kappa shape index (κ3) is 3.80. The van der Waals surface area contributed by atoms with Crippen molar-refractivity contribution in [2.45, 2.75) is 25.2 Å². The zero-order valence-electron chi connectivity index (χ0n) is 14.5. The number of hydrogen-bond acceptors (Lipinski definition) is 2. The summed E-state index contributed by atoms with van der Waals surface area (Å²) in [6.45, 7) is 0. The van der Waals surface area contributed by atoms with Gasteiger partial charge in [0.1, 0.15) is 11.6 Å². The van der Waals surface area contributed by atoms with Gasteiger partial charge in [-0.05, 0) is 43.2 Å². The van der Waals surface area contributed by atoms with Crippen LogP contribution in [0, 0.1) is 5.82 Å². The lowest BCUT2D eigenvalue weighted by molar-refractivity contribution is 0.262. The van der Waals surface area contributed by atoms with E-state index in [1.807, 2.05) is 36.4 Å². The Bertz CT molecular complexity index is 969. The minimum absolute atomic E-state index is 0.0469. The predicted molar refractivity (Wildman–Crippen MR) is 104 cm³/mol. The van der Waals surface area contributed by atoms with E-state index in [0.29, 0.717) is 17.4 Å². The molecule has 1 aromatic heterocycles. The van der Waals surface area contributed by atoms with Crippen LogP contribution in [-0.4, -0.2) is 15.8 Å². The van der Waals surface area contributed by atoms with Crippen molar-refractivity contribution >= 4 is 29.1 Å². The first kappa shape index (κ1) is 17.5. The summed E-state index contributed by atoms with van der Waals surface area (Å²) in [5, 5.41) is 10.1. The second-order valence-corrected chi connectivity index (χ2v) is 6.94. The summed E-state index contributed by atoms with van der Waals surface area (Å²) in [6.07, 6.45) is 3.44. The second-order valence-electron chi connectivity index (χ2n) is 6.54. The lowest BCUT2D eigenvalue weighted by Gasteiger charge is -2.22. The number of aromatic nitrogens is 2. The Morgan fingerprint density at radius 1 is 1.11 bits per heavy atom. The number of rotatable bonds is 4. The molecule has 7 heteroatoms. The molecule has 3 aromatic rings. The highest BCUT2D eigenvalue weighted by Gasteiger charge is 2.24. The monoisotopic (exact) mass is 384 g/mol. The summed E-state index contributed by atoms with van der Waals surface area (Å²) in [7, 11) is 0. The van der Waals surface area contributed by atoms with E-state index in [1.165, 1.54) is 24.6 Å². The van der Waals surface area contributed by atoms with Gasteiger partial charge >= 0.3 is 6.03 Å². The van der Waals surface area contributed by atoms with Crippen LogP contribution in [-0.2, 0) is 0 Å². The number of halogens is 2. The van der Waals surface area contributed by atoms with E-state index in [0.717, 1.165) is 24.2 Å². The number of nitrogens with one attached hydrogen (secondary N) is 2. The fraction of sp³-hybridized carbons (Fsp3) is 0.200. The molecule has 0 bridgehead atoms. The maximum atomic E-state index is 13.3. The number of urea groups is 1. The van der Waals surface area contributed by atoms with Crippen LogP contribution in [0.25, 0.3) is 5.69 Å². The molecule has 2 N–H and O–H groups in total. The van der Waals surface area contributed by atoms with Gasteiger partial charge in [-0.2, -0.15) is 5.10 Å². The number of benzene rings is 2. The Labute approximate surface area is 161 Å². The Kier molecular flexibility index (Phi) is 4.81. The Morgan fingerprint density at radius 3 is 2.56 bits per heavy atom. The van der Waals surface area contributed by atoms with Gasteiger partial charge in [-0.3, -0.25) is 5.32 Å². The molecule has 27 heavy (non-hydrogen) atoms. The van der Waals surface area contributed by atoms with Gasteiger partial charge in [-0.1, -0.05) is 36.2 Å². The first-order valence-corrected chi connectivity index (χ1v) is 9.16. The maximum Gasteiger partial charge on any atom is 0.324 e. The van der Waals surface area contributed by atoms with Gasteiger partial charge in [-0.15, -0.1) is 0 Å². The molecule has 1 saturated carbocycles. The summed E-state index contributed by atoms with van der Waals surface area (Å²) in [5.74, 6) is 0.484. The molecule has 5 nitrogen and oxygen atoms in total. The lowest BCUT2D eigenvalue weighted by atomic mass is 9.83. The van der Waals surface area contributed by atoms with Crippen molar-refractivity contribution in [1.29, 1.82) is 0 Å². The first-order chi connectivity index (χ1) is 13.1. The van der Waals surface area contributed by atoms with Gasteiger partial charge in [0.2, 0.25) is 0 Å². The van der Waals surface area contributed by atoms with Crippen LogP contribution in [0.2, 0.25) is 5.02 Å². The van der Waals surface area contributed by atoms with Crippen LogP contribution in [0.3, 0.4) is 0 Å². The van der Waals surface area contributed by atoms with Gasteiger partial charge < -0.3 is 5.32 Å². The zero-order valence-corrected chi connectivity index (χ0v) is 15.2. The Hall–Kier alpha value is -2.86. The molecule has 0 unspecified atom stereocenters. The first-order valence-electron chi connectivity index (χ1n) is 8.78. The summed E-state index contributed by atoms with van der Waals surface area (Å²) < 4.78 is 15.0. The second kappa shape index (κ2) is 7.40. The van der Waals surface area contributed by atoms with E-state index in [-0.39, 0.29) is 5.02 Å². The fourth-order valence-electron chi connectivity index (χ4n) is 3.01. The minimum Gasteiger partial charge on any atom is -0.308 e. The number of anilines is 2. The molecule has 4 rings (SSSR count). The summed E-state index contributed by atoms with van der Waals surface area (Å²) in [5.41, 5.74) is 2.25. The van der Waals surface area contributed by atoms with Gasteiger partial charge in [0.15, 0.2) is 0 Å². The standard InChI is InChI=1S/C20H18ClFN4O/c21-16-11-14(9-10-17(16)22)23-20(27)24-19-12-18(13-5-4-6-13)25-26(19)15-7-2-1-3-8-15/h1-3,7-13H,4-6H2,(H2,23,24,27). The van der Waals surface area contributed by atoms with Crippen molar-refractivity contribution in [2.24, 2.45) is 0 Å². The molecular weight excluding hydrogens is 367 g/mol. The Balaban J connectivity index is 1.57. The normalized spacial score (nSPS) is 13.9. The maximum absolute atomic E-state index is 13.3. The molecule has 1 aliphatic carbocycles. The van der Waals surface area contributed by atoms with E-state index < -0.39 is 11.8 Å². The zero-order chi connectivity index (χ0) is 18.8. The van der Waals surface area contributed by atoms with Crippen molar-refractivity contribution in [3.63, 3.8) is 0 Å². The van der Waals surface area contributed by atoms with Crippen LogP contribution in [0.15, 0.2) is 54.6 Å². The number of para-hydroxylation sites is 1. The molecule has 1 aliphatic rings. The number of carbonyl (C=O) groups is 1. The smallest absolute Gasteiger partial charge is 0.308 e.